The Morgan fingerprint density at radius 3 is 2.45 bits per heavy atom. The maximum atomic E-state index is 12.4. The van der Waals surface area contributed by atoms with E-state index in [1.807, 2.05) is 12.1 Å². The molecule has 7 nitrogen and oxygen atoms in total. The van der Waals surface area contributed by atoms with Gasteiger partial charge in [-0.1, -0.05) is 47.6 Å². The standard InChI is InChI=1S/C19H18ClN3O4S2/c1-29(25,26)21-11-10-13-2-4-14(5-3-13)17(24)12-28-19-23-22-18(27-19)15-6-8-16(20)9-7-15/h2-9,21H,10-12H2,1H3. The summed E-state index contributed by atoms with van der Waals surface area (Å²) in [4.78, 5) is 12.4. The summed E-state index contributed by atoms with van der Waals surface area (Å²) in [6, 6.07) is 14.1. The van der Waals surface area contributed by atoms with Crippen molar-refractivity contribution in [1.82, 2.24) is 14.9 Å². The van der Waals surface area contributed by atoms with Gasteiger partial charge >= 0.3 is 0 Å². The van der Waals surface area contributed by atoms with Gasteiger partial charge in [0.1, 0.15) is 0 Å². The molecule has 0 aliphatic carbocycles. The minimum absolute atomic E-state index is 0.0675. The lowest BCUT2D eigenvalue weighted by Gasteiger charge is -2.04. The third-order valence-electron chi connectivity index (χ3n) is 3.88. The van der Waals surface area contributed by atoms with Crippen LogP contribution in [-0.4, -0.2) is 43.0 Å². The molecule has 0 unspecified atom stereocenters. The normalized spacial score (nSPS) is 11.5. The maximum absolute atomic E-state index is 12.4. The van der Waals surface area contributed by atoms with Gasteiger partial charge in [-0.2, -0.15) is 0 Å². The van der Waals surface area contributed by atoms with Crippen LogP contribution in [-0.2, 0) is 16.4 Å². The van der Waals surface area contributed by atoms with Crippen LogP contribution in [0.15, 0.2) is 58.2 Å². The second-order valence-electron chi connectivity index (χ2n) is 6.21. The number of sulfonamides is 1. The number of benzene rings is 2. The van der Waals surface area contributed by atoms with Crippen molar-refractivity contribution < 1.29 is 17.6 Å². The smallest absolute Gasteiger partial charge is 0.277 e. The Kier molecular flexibility index (Phi) is 7.07. The molecule has 0 radical (unpaired) electrons. The van der Waals surface area contributed by atoms with Gasteiger partial charge in [0.2, 0.25) is 15.9 Å². The highest BCUT2D eigenvalue weighted by Crippen LogP contribution is 2.24. The summed E-state index contributed by atoms with van der Waals surface area (Å²) in [5.74, 6) is 0.461. The number of ketones is 1. The quantitative estimate of drug-likeness (QED) is 0.392. The third-order valence-corrected chi connectivity index (χ3v) is 5.68. The minimum Gasteiger partial charge on any atom is -0.411 e. The highest BCUT2D eigenvalue weighted by Gasteiger charge is 2.12. The van der Waals surface area contributed by atoms with E-state index in [9.17, 15) is 13.2 Å². The van der Waals surface area contributed by atoms with Gasteiger partial charge < -0.3 is 4.42 Å². The van der Waals surface area contributed by atoms with Gasteiger partial charge in [-0.15, -0.1) is 10.2 Å². The number of nitrogens with one attached hydrogen (secondary N) is 1. The van der Waals surface area contributed by atoms with Crippen LogP contribution in [0, 0.1) is 0 Å². The zero-order chi connectivity index (χ0) is 20.9. The van der Waals surface area contributed by atoms with Crippen molar-refractivity contribution in [3.63, 3.8) is 0 Å². The summed E-state index contributed by atoms with van der Waals surface area (Å²) in [5, 5.41) is 8.87. The zero-order valence-electron chi connectivity index (χ0n) is 15.5. The molecule has 1 N–H and O–H groups in total. The Bertz CT molecular complexity index is 1080. The molecule has 0 fully saturated rings. The van der Waals surface area contributed by atoms with E-state index in [4.69, 9.17) is 16.0 Å². The number of hydrogen-bond acceptors (Lipinski definition) is 7. The fourth-order valence-electron chi connectivity index (χ4n) is 2.43. The number of halogens is 1. The Morgan fingerprint density at radius 1 is 1.10 bits per heavy atom. The molecule has 29 heavy (non-hydrogen) atoms. The molecule has 0 spiro atoms. The van der Waals surface area contributed by atoms with Crippen LogP contribution < -0.4 is 4.72 Å². The first-order valence-corrected chi connectivity index (χ1v) is 11.8. The number of Topliss-reactive ketones (excluding diaryl/α,β-unsaturated/α-hetero) is 1. The van der Waals surface area contributed by atoms with Gasteiger partial charge in [-0.05, 0) is 36.2 Å². The molecule has 0 aliphatic heterocycles. The Morgan fingerprint density at radius 2 is 1.79 bits per heavy atom. The second kappa shape index (κ2) is 9.53. The lowest BCUT2D eigenvalue weighted by Crippen LogP contribution is -2.24. The number of thioether (sulfide) groups is 1. The van der Waals surface area contributed by atoms with Gasteiger partial charge in [-0.25, -0.2) is 13.1 Å². The van der Waals surface area contributed by atoms with Gasteiger partial charge in [-0.3, -0.25) is 4.79 Å². The molecule has 3 aromatic rings. The highest BCUT2D eigenvalue weighted by molar-refractivity contribution is 7.99. The number of aromatic nitrogens is 2. The van der Waals surface area contributed by atoms with Crippen molar-refractivity contribution in [3.8, 4) is 11.5 Å². The SMILES string of the molecule is CS(=O)(=O)NCCc1ccc(C(=O)CSc2nnc(-c3ccc(Cl)cc3)o2)cc1. The Balaban J connectivity index is 1.52. The van der Waals surface area contributed by atoms with E-state index in [1.165, 1.54) is 11.8 Å². The van der Waals surface area contributed by atoms with Gasteiger partial charge in [0, 0.05) is 22.7 Å². The summed E-state index contributed by atoms with van der Waals surface area (Å²) in [5.41, 5.74) is 2.26. The van der Waals surface area contributed by atoms with E-state index in [0.717, 1.165) is 17.4 Å². The monoisotopic (exact) mass is 451 g/mol. The number of hydrogen-bond donors (Lipinski definition) is 1. The Labute approximate surface area is 177 Å². The van der Waals surface area contributed by atoms with Gasteiger partial charge in [0.05, 0.1) is 12.0 Å². The fraction of sp³-hybridized carbons (Fsp3) is 0.211. The molecule has 2 aromatic carbocycles. The van der Waals surface area contributed by atoms with E-state index in [0.29, 0.717) is 34.7 Å². The summed E-state index contributed by atoms with van der Waals surface area (Å²) < 4.78 is 30.1. The molecular weight excluding hydrogens is 434 g/mol. The van der Waals surface area contributed by atoms with E-state index in [-0.39, 0.29) is 11.5 Å². The maximum Gasteiger partial charge on any atom is 0.277 e. The van der Waals surface area contributed by atoms with Crippen molar-refractivity contribution in [1.29, 1.82) is 0 Å². The molecule has 152 valence electrons. The lowest BCUT2D eigenvalue weighted by atomic mass is 10.1. The fourth-order valence-corrected chi connectivity index (χ4v) is 3.68. The highest BCUT2D eigenvalue weighted by atomic mass is 35.5. The van der Waals surface area contributed by atoms with Crippen LogP contribution in [0.1, 0.15) is 15.9 Å². The van der Waals surface area contributed by atoms with Crippen LogP contribution in [0.25, 0.3) is 11.5 Å². The van der Waals surface area contributed by atoms with Crippen molar-refractivity contribution >= 4 is 39.2 Å². The van der Waals surface area contributed by atoms with E-state index >= 15 is 0 Å². The lowest BCUT2D eigenvalue weighted by molar-refractivity contribution is 0.102. The predicted octanol–water partition coefficient (Wildman–Crippen LogP) is 3.46. The molecule has 0 bridgehead atoms. The molecule has 0 aliphatic rings. The van der Waals surface area contributed by atoms with E-state index in [1.54, 1.807) is 36.4 Å². The van der Waals surface area contributed by atoms with Crippen LogP contribution in [0.5, 0.6) is 0 Å². The van der Waals surface area contributed by atoms with E-state index < -0.39 is 10.0 Å². The number of carbonyl (C=O) groups is 1. The molecule has 0 saturated heterocycles. The Hall–Kier alpha value is -2.20. The number of rotatable bonds is 9. The zero-order valence-corrected chi connectivity index (χ0v) is 17.9. The minimum atomic E-state index is -3.20. The summed E-state index contributed by atoms with van der Waals surface area (Å²) in [6.45, 7) is 0.315. The first-order chi connectivity index (χ1) is 13.8. The average molecular weight is 452 g/mol. The summed E-state index contributed by atoms with van der Waals surface area (Å²) in [6.07, 6.45) is 1.67. The van der Waals surface area contributed by atoms with Crippen molar-refractivity contribution in [3.05, 3.63) is 64.7 Å². The summed E-state index contributed by atoms with van der Waals surface area (Å²) >= 11 is 7.03. The van der Waals surface area contributed by atoms with Crippen molar-refractivity contribution in [2.75, 3.05) is 18.6 Å². The van der Waals surface area contributed by atoms with Gasteiger partial charge in [0.25, 0.3) is 5.22 Å². The van der Waals surface area contributed by atoms with Crippen molar-refractivity contribution in [2.45, 2.75) is 11.6 Å². The molecule has 1 aromatic heterocycles. The van der Waals surface area contributed by atoms with Crippen LogP contribution >= 0.6 is 23.4 Å². The third kappa shape index (κ3) is 6.67. The molecule has 0 amide bonds. The topological polar surface area (TPSA) is 102 Å². The van der Waals surface area contributed by atoms with Crippen molar-refractivity contribution in [2.24, 2.45) is 0 Å². The van der Waals surface area contributed by atoms with Crippen LogP contribution in [0.2, 0.25) is 5.02 Å². The average Bonchev–Trinajstić information content (AvgIpc) is 3.15. The molecular formula is C19H18ClN3O4S2. The van der Waals surface area contributed by atoms with Crippen LogP contribution in [0.3, 0.4) is 0 Å². The second-order valence-corrected chi connectivity index (χ2v) is 9.40. The predicted molar refractivity (Wildman–Crippen MR) is 113 cm³/mol. The molecule has 10 heteroatoms. The molecule has 3 rings (SSSR count). The van der Waals surface area contributed by atoms with Crippen LogP contribution in [0.4, 0.5) is 0 Å². The first kappa shape index (κ1) is 21.5. The number of nitrogens with zero attached hydrogens (tertiary/aromatic N) is 2. The first-order valence-electron chi connectivity index (χ1n) is 8.59. The summed E-state index contributed by atoms with van der Waals surface area (Å²) in [7, 11) is -3.20. The molecule has 1 heterocycles. The number of carbonyl (C=O) groups excluding carboxylic acids is 1. The van der Waals surface area contributed by atoms with E-state index in [2.05, 4.69) is 14.9 Å². The molecule has 0 saturated carbocycles. The molecule has 0 atom stereocenters. The van der Waals surface area contributed by atoms with Gasteiger partial charge in [0.15, 0.2) is 5.78 Å². The largest absolute Gasteiger partial charge is 0.411 e.